The van der Waals surface area contributed by atoms with Crippen molar-refractivity contribution in [2.75, 3.05) is 6.54 Å². The van der Waals surface area contributed by atoms with Gasteiger partial charge in [-0.05, 0) is 42.7 Å². The number of carbonyl (C=O) groups is 1. The Morgan fingerprint density at radius 3 is 2.79 bits per heavy atom. The lowest BCUT2D eigenvalue weighted by Crippen LogP contribution is -2.39. The van der Waals surface area contributed by atoms with E-state index in [1.54, 1.807) is 0 Å². The van der Waals surface area contributed by atoms with Crippen molar-refractivity contribution in [2.24, 2.45) is 17.8 Å². The first-order valence-electron chi connectivity index (χ1n) is 6.76. The second-order valence-corrected chi connectivity index (χ2v) is 6.91. The lowest BCUT2D eigenvalue weighted by Gasteiger charge is -2.39. The third-order valence-electron chi connectivity index (χ3n) is 4.61. The van der Waals surface area contributed by atoms with Crippen LogP contribution in [-0.2, 0) is 4.79 Å². The van der Waals surface area contributed by atoms with Gasteiger partial charge in [0.2, 0.25) is 0 Å². The molecule has 1 heterocycles. The summed E-state index contributed by atoms with van der Waals surface area (Å²) in [5.41, 5.74) is 2.30. The van der Waals surface area contributed by atoms with Gasteiger partial charge in [0.25, 0.3) is 0 Å². The predicted octanol–water partition coefficient (Wildman–Crippen LogP) is 4.42. The summed E-state index contributed by atoms with van der Waals surface area (Å²) in [6.45, 7) is 2.46. The molecule has 1 aliphatic heterocycles. The van der Waals surface area contributed by atoms with E-state index in [4.69, 9.17) is 35.0 Å². The average Bonchev–Trinajstić information content (AvgIpc) is 2.49. The van der Waals surface area contributed by atoms with Crippen LogP contribution in [0, 0.1) is 17.8 Å². The Balaban J connectivity index is 2.14. The Morgan fingerprint density at radius 1 is 1.32 bits per heavy atom. The average molecular weight is 321 g/mol. The standard InChI is InChI=1S/C14H16Cl3NO/c1-7-5-8-3-2-4-9-11(8)10(13(7)19)6-18(17)14(16)12(9)15/h7-8,10H,2-6H2,1H3. The Kier molecular flexibility index (Phi) is 3.61. The molecule has 19 heavy (non-hydrogen) atoms. The molecule has 3 rings (SSSR count). The van der Waals surface area contributed by atoms with Crippen LogP contribution in [0.1, 0.15) is 32.6 Å². The number of rotatable bonds is 0. The molecule has 0 spiro atoms. The van der Waals surface area contributed by atoms with Crippen LogP contribution in [0.3, 0.4) is 0 Å². The minimum atomic E-state index is -0.133. The molecule has 104 valence electrons. The first kappa shape index (κ1) is 13.8. The highest BCUT2D eigenvalue weighted by atomic mass is 35.5. The van der Waals surface area contributed by atoms with Gasteiger partial charge in [0, 0.05) is 24.2 Å². The van der Waals surface area contributed by atoms with Crippen LogP contribution in [0.25, 0.3) is 0 Å². The molecule has 2 aliphatic carbocycles. The molecule has 1 fully saturated rings. The number of allylic oxidation sites excluding steroid dienone is 2. The van der Waals surface area contributed by atoms with Crippen molar-refractivity contribution in [3.63, 3.8) is 0 Å². The van der Waals surface area contributed by atoms with E-state index in [9.17, 15) is 4.79 Å². The van der Waals surface area contributed by atoms with Crippen molar-refractivity contribution in [2.45, 2.75) is 32.6 Å². The predicted molar refractivity (Wildman–Crippen MR) is 77.9 cm³/mol. The van der Waals surface area contributed by atoms with Gasteiger partial charge in [-0.2, -0.15) is 0 Å². The largest absolute Gasteiger partial charge is 0.299 e. The molecule has 2 nitrogen and oxygen atoms in total. The lowest BCUT2D eigenvalue weighted by atomic mass is 9.65. The van der Waals surface area contributed by atoms with Gasteiger partial charge in [-0.15, -0.1) is 0 Å². The summed E-state index contributed by atoms with van der Waals surface area (Å²) in [5.74, 6) is 0.736. The molecule has 3 atom stereocenters. The molecule has 0 bridgehead atoms. The SMILES string of the molecule is CC1CC2CCCC3=C2C(CN(Cl)C(Cl)=C3Cl)C1=O. The van der Waals surface area contributed by atoms with E-state index >= 15 is 0 Å². The summed E-state index contributed by atoms with van der Waals surface area (Å²) in [6.07, 6.45) is 4.11. The van der Waals surface area contributed by atoms with Gasteiger partial charge in [0.05, 0.1) is 11.0 Å². The van der Waals surface area contributed by atoms with E-state index < -0.39 is 0 Å². The number of Topliss-reactive ketones (excluding diaryl/α,β-unsaturated/α-hetero) is 1. The zero-order valence-corrected chi connectivity index (χ0v) is 13.0. The van der Waals surface area contributed by atoms with Crippen molar-refractivity contribution in [3.8, 4) is 0 Å². The maximum atomic E-state index is 12.5. The highest BCUT2D eigenvalue weighted by molar-refractivity contribution is 6.42. The molecular weight excluding hydrogens is 305 g/mol. The molecule has 0 aromatic heterocycles. The smallest absolute Gasteiger partial charge is 0.144 e. The van der Waals surface area contributed by atoms with Gasteiger partial charge in [0.1, 0.15) is 10.9 Å². The summed E-state index contributed by atoms with van der Waals surface area (Å²) >= 11 is 18.8. The lowest BCUT2D eigenvalue weighted by molar-refractivity contribution is -0.127. The summed E-state index contributed by atoms with van der Waals surface area (Å²) in [4.78, 5) is 12.5. The highest BCUT2D eigenvalue weighted by Crippen LogP contribution is 2.49. The fourth-order valence-corrected chi connectivity index (χ4v) is 4.50. The second-order valence-electron chi connectivity index (χ2n) is 5.76. The molecular formula is C14H16Cl3NO. The Hall–Kier alpha value is -0.180. The first-order chi connectivity index (χ1) is 9.00. The zero-order chi connectivity index (χ0) is 13.7. The number of hydrogen-bond acceptors (Lipinski definition) is 2. The monoisotopic (exact) mass is 319 g/mol. The first-order valence-corrected chi connectivity index (χ1v) is 7.85. The van der Waals surface area contributed by atoms with Gasteiger partial charge >= 0.3 is 0 Å². The number of nitrogens with zero attached hydrogens (tertiary/aromatic N) is 1. The van der Waals surface area contributed by atoms with E-state index in [1.165, 1.54) is 9.99 Å². The fourth-order valence-electron chi connectivity index (χ4n) is 3.75. The second kappa shape index (κ2) is 4.98. The van der Waals surface area contributed by atoms with E-state index in [0.717, 1.165) is 31.3 Å². The van der Waals surface area contributed by atoms with Gasteiger partial charge < -0.3 is 0 Å². The third kappa shape index (κ3) is 2.12. The molecule has 3 aliphatic rings. The Labute approximate surface area is 128 Å². The summed E-state index contributed by atoms with van der Waals surface area (Å²) in [5, 5.41) is 0.905. The van der Waals surface area contributed by atoms with Gasteiger partial charge in [-0.3, -0.25) is 9.21 Å². The normalized spacial score (nSPS) is 35.5. The highest BCUT2D eigenvalue weighted by Gasteiger charge is 2.43. The molecule has 0 radical (unpaired) electrons. The van der Waals surface area contributed by atoms with Crippen LogP contribution < -0.4 is 0 Å². The van der Waals surface area contributed by atoms with Gasteiger partial charge in [-0.1, -0.05) is 30.1 Å². The maximum absolute atomic E-state index is 12.5. The van der Waals surface area contributed by atoms with Crippen LogP contribution in [0.5, 0.6) is 0 Å². The molecule has 0 saturated heterocycles. The summed E-state index contributed by atoms with van der Waals surface area (Å²) < 4.78 is 1.40. The molecule has 1 saturated carbocycles. The number of hydrogen-bond donors (Lipinski definition) is 0. The number of halogens is 3. The maximum Gasteiger partial charge on any atom is 0.144 e. The third-order valence-corrected chi connectivity index (χ3v) is 5.90. The number of ketones is 1. The molecule has 0 aromatic rings. The molecule has 0 N–H and O–H groups in total. The van der Waals surface area contributed by atoms with Crippen molar-refractivity contribution < 1.29 is 4.79 Å². The van der Waals surface area contributed by atoms with Crippen molar-refractivity contribution in [1.29, 1.82) is 0 Å². The number of carbonyl (C=O) groups excluding carboxylic acids is 1. The molecule has 3 unspecified atom stereocenters. The van der Waals surface area contributed by atoms with E-state index in [2.05, 4.69) is 0 Å². The van der Waals surface area contributed by atoms with Crippen LogP contribution in [0.15, 0.2) is 21.3 Å². The van der Waals surface area contributed by atoms with Crippen molar-refractivity contribution in [1.82, 2.24) is 4.42 Å². The van der Waals surface area contributed by atoms with Crippen molar-refractivity contribution in [3.05, 3.63) is 21.3 Å². The van der Waals surface area contributed by atoms with Gasteiger partial charge in [0.15, 0.2) is 0 Å². The van der Waals surface area contributed by atoms with Crippen LogP contribution in [-0.4, -0.2) is 16.7 Å². The summed E-state index contributed by atoms with van der Waals surface area (Å²) in [7, 11) is 0. The Bertz CT molecular complexity index is 497. The van der Waals surface area contributed by atoms with Crippen LogP contribution >= 0.6 is 35.0 Å². The Morgan fingerprint density at radius 2 is 2.05 bits per heavy atom. The topological polar surface area (TPSA) is 20.3 Å². The summed E-state index contributed by atoms with van der Waals surface area (Å²) in [6, 6.07) is 0. The van der Waals surface area contributed by atoms with Gasteiger partial charge in [-0.25, -0.2) is 0 Å². The molecule has 5 heteroatoms. The molecule has 0 aromatic carbocycles. The van der Waals surface area contributed by atoms with Crippen molar-refractivity contribution >= 4 is 40.8 Å². The van der Waals surface area contributed by atoms with Crippen LogP contribution in [0.4, 0.5) is 0 Å². The van der Waals surface area contributed by atoms with Crippen LogP contribution in [0.2, 0.25) is 0 Å². The molecule has 0 amide bonds. The quantitative estimate of drug-likeness (QED) is 0.486. The minimum Gasteiger partial charge on any atom is -0.299 e. The fraction of sp³-hybridized carbons (Fsp3) is 0.643. The van der Waals surface area contributed by atoms with E-state index in [0.29, 0.717) is 22.7 Å². The minimum absolute atomic E-state index is 0.110. The van der Waals surface area contributed by atoms with E-state index in [-0.39, 0.29) is 17.6 Å². The zero-order valence-electron chi connectivity index (χ0n) is 10.8. The van der Waals surface area contributed by atoms with E-state index in [1.807, 2.05) is 6.92 Å².